The Morgan fingerprint density at radius 2 is 1.93 bits per heavy atom. The third kappa shape index (κ3) is 4.96. The number of alkyl halides is 3. The average Bonchev–Trinajstić information content (AvgIpc) is 2.74. The standard InChI is InChI=1S/C16H16F3N3O5/c1-15(2)13(25)22(14(26)21-15)7-12(24)27-8-11(23)20-10-5-3-4-9(6-10)16(17,18)19/h3-6H,7-8H2,1-2H3,(H,20,23)(H,21,26). The van der Waals surface area contributed by atoms with Gasteiger partial charge in [0.15, 0.2) is 6.61 Å². The third-order valence-corrected chi connectivity index (χ3v) is 3.57. The van der Waals surface area contributed by atoms with E-state index in [-0.39, 0.29) is 5.69 Å². The number of hydrogen-bond donors (Lipinski definition) is 2. The van der Waals surface area contributed by atoms with E-state index in [4.69, 9.17) is 0 Å². The van der Waals surface area contributed by atoms with Crippen molar-refractivity contribution in [1.29, 1.82) is 0 Å². The van der Waals surface area contributed by atoms with Crippen molar-refractivity contribution >= 4 is 29.5 Å². The maximum atomic E-state index is 12.6. The van der Waals surface area contributed by atoms with Gasteiger partial charge in [-0.3, -0.25) is 19.3 Å². The first-order valence-electron chi connectivity index (χ1n) is 7.67. The number of ether oxygens (including phenoxy) is 1. The van der Waals surface area contributed by atoms with Gasteiger partial charge in [-0.2, -0.15) is 13.2 Å². The average molecular weight is 387 g/mol. The SMILES string of the molecule is CC1(C)NC(=O)N(CC(=O)OCC(=O)Nc2cccc(C(F)(F)F)c2)C1=O. The van der Waals surface area contributed by atoms with Crippen LogP contribution in [-0.4, -0.2) is 47.4 Å². The number of imide groups is 1. The summed E-state index contributed by atoms with van der Waals surface area (Å²) >= 11 is 0. The molecular formula is C16H16F3N3O5. The summed E-state index contributed by atoms with van der Waals surface area (Å²) in [6.45, 7) is 1.44. The summed E-state index contributed by atoms with van der Waals surface area (Å²) in [5, 5.41) is 4.53. The van der Waals surface area contributed by atoms with Crippen LogP contribution in [0.2, 0.25) is 0 Å². The van der Waals surface area contributed by atoms with Crippen LogP contribution in [0.15, 0.2) is 24.3 Å². The molecule has 0 aliphatic carbocycles. The van der Waals surface area contributed by atoms with E-state index in [2.05, 4.69) is 15.4 Å². The van der Waals surface area contributed by atoms with Crippen molar-refractivity contribution < 1.29 is 37.1 Å². The Hall–Kier alpha value is -3.11. The van der Waals surface area contributed by atoms with E-state index < -0.39 is 54.2 Å². The van der Waals surface area contributed by atoms with E-state index in [0.29, 0.717) is 4.90 Å². The fourth-order valence-corrected chi connectivity index (χ4v) is 2.25. The van der Waals surface area contributed by atoms with E-state index >= 15 is 0 Å². The number of amides is 4. The van der Waals surface area contributed by atoms with E-state index in [1.807, 2.05) is 0 Å². The van der Waals surface area contributed by atoms with Gasteiger partial charge in [0, 0.05) is 5.69 Å². The zero-order valence-corrected chi connectivity index (χ0v) is 14.3. The number of halogens is 3. The molecule has 0 unspecified atom stereocenters. The number of nitrogens with zero attached hydrogens (tertiary/aromatic N) is 1. The summed E-state index contributed by atoms with van der Waals surface area (Å²) < 4.78 is 42.5. The van der Waals surface area contributed by atoms with E-state index in [1.165, 1.54) is 19.9 Å². The molecule has 2 N–H and O–H groups in total. The van der Waals surface area contributed by atoms with Crippen molar-refractivity contribution in [3.63, 3.8) is 0 Å². The first kappa shape index (κ1) is 20.2. The smallest absolute Gasteiger partial charge is 0.416 e. The minimum Gasteiger partial charge on any atom is -0.454 e. The van der Waals surface area contributed by atoms with Crippen LogP contribution in [0.5, 0.6) is 0 Å². The van der Waals surface area contributed by atoms with Crippen LogP contribution >= 0.6 is 0 Å². The third-order valence-electron chi connectivity index (χ3n) is 3.57. The number of benzene rings is 1. The summed E-state index contributed by atoms with van der Waals surface area (Å²) in [4.78, 5) is 47.7. The Morgan fingerprint density at radius 1 is 1.26 bits per heavy atom. The minimum atomic E-state index is -4.57. The molecule has 1 saturated heterocycles. The van der Waals surface area contributed by atoms with Crippen molar-refractivity contribution in [2.45, 2.75) is 25.6 Å². The van der Waals surface area contributed by atoms with Crippen molar-refractivity contribution in [3.05, 3.63) is 29.8 Å². The van der Waals surface area contributed by atoms with Crippen LogP contribution in [-0.2, 0) is 25.3 Å². The highest BCUT2D eigenvalue weighted by Crippen LogP contribution is 2.30. The van der Waals surface area contributed by atoms with Crippen LogP contribution < -0.4 is 10.6 Å². The Kier molecular flexibility index (Phi) is 5.43. The number of rotatable bonds is 5. The Bertz CT molecular complexity index is 792. The number of esters is 1. The summed E-state index contributed by atoms with van der Waals surface area (Å²) in [5.74, 6) is -2.52. The van der Waals surface area contributed by atoms with Gasteiger partial charge in [0.1, 0.15) is 12.1 Å². The van der Waals surface area contributed by atoms with Crippen molar-refractivity contribution in [1.82, 2.24) is 10.2 Å². The van der Waals surface area contributed by atoms with Crippen molar-refractivity contribution in [2.24, 2.45) is 0 Å². The molecule has 0 atom stereocenters. The molecule has 4 amide bonds. The van der Waals surface area contributed by atoms with Gasteiger partial charge in [0.2, 0.25) is 0 Å². The number of carbonyl (C=O) groups excluding carboxylic acids is 4. The van der Waals surface area contributed by atoms with Gasteiger partial charge in [0.05, 0.1) is 5.56 Å². The van der Waals surface area contributed by atoms with E-state index in [9.17, 15) is 32.3 Å². The molecule has 1 fully saturated rings. The highest BCUT2D eigenvalue weighted by atomic mass is 19.4. The summed E-state index contributed by atoms with van der Waals surface area (Å²) in [6, 6.07) is 3.16. The maximum Gasteiger partial charge on any atom is 0.416 e. The van der Waals surface area contributed by atoms with E-state index in [1.54, 1.807) is 0 Å². The lowest BCUT2D eigenvalue weighted by Gasteiger charge is -2.15. The molecule has 1 heterocycles. The molecule has 0 bridgehead atoms. The largest absolute Gasteiger partial charge is 0.454 e. The summed E-state index contributed by atoms with van der Waals surface area (Å²) in [5.41, 5.74) is -2.22. The Balaban J connectivity index is 1.86. The Labute approximate surface area is 151 Å². The van der Waals surface area contributed by atoms with Gasteiger partial charge < -0.3 is 15.4 Å². The Morgan fingerprint density at radius 3 is 2.48 bits per heavy atom. The second-order valence-electron chi connectivity index (χ2n) is 6.23. The first-order valence-corrected chi connectivity index (χ1v) is 7.67. The molecule has 1 aromatic rings. The monoisotopic (exact) mass is 387 g/mol. The molecule has 1 aliphatic rings. The number of anilines is 1. The normalized spacial score (nSPS) is 16.1. The molecule has 11 heteroatoms. The van der Waals surface area contributed by atoms with Crippen molar-refractivity contribution in [2.75, 3.05) is 18.5 Å². The van der Waals surface area contributed by atoms with Crippen LogP contribution in [0.4, 0.5) is 23.7 Å². The van der Waals surface area contributed by atoms with Gasteiger partial charge in [-0.05, 0) is 32.0 Å². The predicted molar refractivity (Wildman–Crippen MR) is 85.4 cm³/mol. The van der Waals surface area contributed by atoms with E-state index in [0.717, 1.165) is 18.2 Å². The number of nitrogens with one attached hydrogen (secondary N) is 2. The molecule has 2 rings (SSSR count). The minimum absolute atomic E-state index is 0.123. The van der Waals surface area contributed by atoms with Gasteiger partial charge >= 0.3 is 18.2 Å². The number of hydrogen-bond acceptors (Lipinski definition) is 5. The molecule has 1 aliphatic heterocycles. The molecule has 146 valence electrons. The van der Waals surface area contributed by atoms with Crippen LogP contribution in [0.3, 0.4) is 0 Å². The fraction of sp³-hybridized carbons (Fsp3) is 0.375. The quantitative estimate of drug-likeness (QED) is 0.589. The maximum absolute atomic E-state index is 12.6. The number of carbonyl (C=O) groups is 4. The molecule has 0 radical (unpaired) electrons. The second kappa shape index (κ2) is 7.25. The lowest BCUT2D eigenvalue weighted by Crippen LogP contribution is -2.41. The van der Waals surface area contributed by atoms with Gasteiger partial charge in [-0.25, -0.2) is 4.79 Å². The highest BCUT2D eigenvalue weighted by molar-refractivity contribution is 6.08. The molecule has 27 heavy (non-hydrogen) atoms. The second-order valence-corrected chi connectivity index (χ2v) is 6.23. The zero-order chi connectivity index (χ0) is 20.4. The highest BCUT2D eigenvalue weighted by Gasteiger charge is 2.45. The molecule has 0 aromatic heterocycles. The molecule has 0 spiro atoms. The first-order chi connectivity index (χ1) is 12.4. The predicted octanol–water partition coefficient (Wildman–Crippen LogP) is 1.52. The molecule has 0 saturated carbocycles. The molecular weight excluding hydrogens is 371 g/mol. The van der Waals surface area contributed by atoms with Crippen LogP contribution in [0.1, 0.15) is 19.4 Å². The molecule has 1 aromatic carbocycles. The van der Waals surface area contributed by atoms with Gasteiger partial charge in [0.25, 0.3) is 11.8 Å². The summed E-state index contributed by atoms with van der Waals surface area (Å²) in [7, 11) is 0. The van der Waals surface area contributed by atoms with Gasteiger partial charge in [-0.1, -0.05) is 6.07 Å². The summed E-state index contributed by atoms with van der Waals surface area (Å²) in [6.07, 6.45) is -4.57. The molecule has 8 nitrogen and oxygen atoms in total. The number of urea groups is 1. The topological polar surface area (TPSA) is 105 Å². The fourth-order valence-electron chi connectivity index (χ4n) is 2.25. The lowest BCUT2D eigenvalue weighted by molar-refractivity contribution is -0.150. The van der Waals surface area contributed by atoms with Crippen molar-refractivity contribution in [3.8, 4) is 0 Å². The van der Waals surface area contributed by atoms with Crippen LogP contribution in [0.25, 0.3) is 0 Å². The van der Waals surface area contributed by atoms with Crippen LogP contribution in [0, 0.1) is 0 Å². The zero-order valence-electron chi connectivity index (χ0n) is 14.3. The van der Waals surface area contributed by atoms with Gasteiger partial charge in [-0.15, -0.1) is 0 Å². The lowest BCUT2D eigenvalue weighted by atomic mass is 10.1.